The summed E-state index contributed by atoms with van der Waals surface area (Å²) in [6, 6.07) is 27.2. The third kappa shape index (κ3) is 14.9. The monoisotopic (exact) mass is 1100 g/mol. The highest BCUT2D eigenvalue weighted by Crippen LogP contribution is 2.50. The van der Waals surface area contributed by atoms with Gasteiger partial charge in [-0.25, -0.2) is 39.5 Å². The van der Waals surface area contributed by atoms with Crippen LogP contribution in [0.25, 0.3) is 0 Å². The second kappa shape index (κ2) is 24.6. The first kappa shape index (κ1) is 59.2. The summed E-state index contributed by atoms with van der Waals surface area (Å²) in [6.07, 6.45) is -4.83. The molecule has 22 heteroatoms. The fraction of sp³-hybridized carbons (Fsp3) is 0.400. The van der Waals surface area contributed by atoms with Crippen LogP contribution in [0.1, 0.15) is 105 Å². The largest absolute Gasteiger partial charge is 0.505 e. The van der Waals surface area contributed by atoms with E-state index in [1.807, 2.05) is 6.07 Å². The van der Waals surface area contributed by atoms with Crippen molar-refractivity contribution in [1.29, 1.82) is 0 Å². The zero-order chi connectivity index (χ0) is 56.4. The average molecular weight is 1100 g/mol. The topological polar surface area (TPSA) is 129 Å². The van der Waals surface area contributed by atoms with Gasteiger partial charge in [-0.1, -0.05) is 78.9 Å². The molecule has 3 aliphatic carbocycles. The summed E-state index contributed by atoms with van der Waals surface area (Å²) in [4.78, 5) is 37.3. The minimum Gasteiger partial charge on any atom is -0.505 e. The minimum atomic E-state index is -3.22. The van der Waals surface area contributed by atoms with Gasteiger partial charge in [-0.15, -0.1) is 0 Å². The number of halogens is 13. The van der Waals surface area contributed by atoms with Crippen LogP contribution in [-0.2, 0) is 53.3 Å². The van der Waals surface area contributed by atoms with Crippen molar-refractivity contribution in [3.8, 4) is 17.2 Å². The molecule has 0 atom stereocenters. The smallest absolute Gasteiger partial charge is 0.387 e. The molecular weight excluding hydrogens is 1050 g/mol. The molecule has 3 saturated carbocycles. The van der Waals surface area contributed by atoms with Gasteiger partial charge >= 0.3 is 31.1 Å². The second-order valence-corrected chi connectivity index (χ2v) is 19.0. The SMILES string of the molecule is O=C(O)C1(c2ccc(OC(F)F)c(F)c2)CCC(F)(F)CC1.O=C(OCc1ccccc1)C1(c2ccc(O)c(F)c2)CCC(F)(F)CC1.O=C(OCc1ccccc1)C1(c2ccc(OC(F)F)c(F)c2)CCC(F)(F)CC1. The molecule has 3 aliphatic rings. The quantitative estimate of drug-likeness (QED) is 0.0825. The Morgan fingerprint density at radius 3 is 1.06 bits per heavy atom. The highest BCUT2D eigenvalue weighted by molar-refractivity contribution is 5.84. The van der Waals surface area contributed by atoms with E-state index in [2.05, 4.69) is 9.47 Å². The molecule has 0 bridgehead atoms. The van der Waals surface area contributed by atoms with Crippen molar-refractivity contribution in [3.63, 3.8) is 0 Å². The maximum Gasteiger partial charge on any atom is 0.387 e. The predicted octanol–water partition coefficient (Wildman–Crippen LogP) is 14.3. The molecule has 77 heavy (non-hydrogen) atoms. The molecule has 0 aromatic heterocycles. The van der Waals surface area contributed by atoms with Gasteiger partial charge in [0.25, 0.3) is 0 Å². The van der Waals surface area contributed by atoms with E-state index in [-0.39, 0.29) is 68.4 Å². The molecule has 416 valence electrons. The third-order valence-corrected chi connectivity index (χ3v) is 14.0. The second-order valence-electron chi connectivity index (χ2n) is 19.0. The number of carbonyl (C=O) groups is 3. The summed E-state index contributed by atoms with van der Waals surface area (Å²) in [7, 11) is 0. The molecule has 0 radical (unpaired) electrons. The van der Waals surface area contributed by atoms with Gasteiger partial charge < -0.3 is 29.2 Å². The number of benzene rings is 5. The third-order valence-electron chi connectivity index (χ3n) is 14.0. The maximum atomic E-state index is 14.2. The summed E-state index contributed by atoms with van der Waals surface area (Å²) >= 11 is 0. The lowest BCUT2D eigenvalue weighted by Crippen LogP contribution is -2.43. The van der Waals surface area contributed by atoms with Crippen LogP contribution in [0.4, 0.5) is 57.1 Å². The van der Waals surface area contributed by atoms with Crippen molar-refractivity contribution >= 4 is 17.9 Å². The lowest BCUT2D eigenvalue weighted by molar-refractivity contribution is -0.158. The highest BCUT2D eigenvalue weighted by Gasteiger charge is 2.52. The first-order chi connectivity index (χ1) is 36.2. The normalized spacial score (nSPS) is 18.5. The number of aromatic hydroxyl groups is 1. The van der Waals surface area contributed by atoms with Crippen molar-refractivity contribution in [2.45, 2.75) is 137 Å². The Bertz CT molecular complexity index is 2790. The number of phenolic OH excluding ortho intramolecular Hbond substituents is 1. The maximum absolute atomic E-state index is 14.2. The van der Waals surface area contributed by atoms with E-state index in [0.717, 1.165) is 48.0 Å². The Balaban J connectivity index is 0.000000189. The Hall–Kier alpha value is -7.00. The Labute approximate surface area is 432 Å². The van der Waals surface area contributed by atoms with Crippen LogP contribution in [-0.4, -0.2) is 59.1 Å². The zero-order valence-electron chi connectivity index (χ0n) is 40.7. The molecule has 5 aromatic rings. The summed E-state index contributed by atoms with van der Waals surface area (Å²) in [5.74, 6) is -16.6. The zero-order valence-corrected chi connectivity index (χ0v) is 40.7. The molecule has 0 saturated heterocycles. The van der Waals surface area contributed by atoms with Crippen LogP contribution in [0.2, 0.25) is 0 Å². The number of hydrogen-bond donors (Lipinski definition) is 2. The predicted molar refractivity (Wildman–Crippen MR) is 250 cm³/mol. The van der Waals surface area contributed by atoms with Crippen molar-refractivity contribution in [2.24, 2.45) is 0 Å². The number of aliphatic carboxylic acids is 1. The summed E-state index contributed by atoms with van der Waals surface area (Å²) < 4.78 is 191. The molecule has 9 nitrogen and oxygen atoms in total. The van der Waals surface area contributed by atoms with E-state index >= 15 is 0 Å². The number of phenols is 1. The molecule has 0 heterocycles. The number of alkyl halides is 10. The van der Waals surface area contributed by atoms with Gasteiger partial charge in [0.1, 0.15) is 13.2 Å². The van der Waals surface area contributed by atoms with E-state index in [1.54, 1.807) is 54.6 Å². The molecular formula is C55H51F13O9. The molecule has 0 unspecified atom stereocenters. The van der Waals surface area contributed by atoms with Gasteiger partial charge in [0, 0.05) is 38.5 Å². The van der Waals surface area contributed by atoms with Gasteiger partial charge in [-0.3, -0.25) is 14.4 Å². The molecule has 0 amide bonds. The van der Waals surface area contributed by atoms with Crippen LogP contribution in [0.15, 0.2) is 115 Å². The number of carboxylic acid groups (broad SMARTS) is 1. The molecule has 8 rings (SSSR count). The van der Waals surface area contributed by atoms with Crippen LogP contribution in [0.3, 0.4) is 0 Å². The first-order valence-electron chi connectivity index (χ1n) is 24.0. The average Bonchev–Trinajstić information content (AvgIpc) is 3.38. The van der Waals surface area contributed by atoms with Crippen LogP contribution >= 0.6 is 0 Å². The molecule has 3 fully saturated rings. The van der Waals surface area contributed by atoms with Crippen molar-refractivity contribution in [2.75, 3.05) is 0 Å². The van der Waals surface area contributed by atoms with Gasteiger partial charge in [0.05, 0.1) is 16.2 Å². The lowest BCUT2D eigenvalue weighted by Gasteiger charge is -2.38. The summed E-state index contributed by atoms with van der Waals surface area (Å²) in [5.41, 5.74) is -2.67. The number of esters is 2. The number of ether oxygens (including phenoxy) is 4. The number of carboxylic acids is 1. The lowest BCUT2D eigenvalue weighted by atomic mass is 9.68. The first-order valence-corrected chi connectivity index (χ1v) is 24.0. The summed E-state index contributed by atoms with van der Waals surface area (Å²) in [5, 5.41) is 18.8. The van der Waals surface area contributed by atoms with E-state index in [4.69, 9.17) is 9.47 Å². The van der Waals surface area contributed by atoms with Gasteiger partial charge in [-0.05, 0) is 103 Å². The standard InChI is InChI=1S/C21H19F5O3.C20H19F3O3.C14H13F5O3/c22-16-12-15(6-7-17(16)29-19(23)24)20(8-10-21(25,26)11-9-20)18(27)28-13-14-4-2-1-3-5-14;21-16-12-15(6-7-17(16)24)19(8-10-20(22,23)11-9-19)18(25)26-13-14-4-2-1-3-5-14;15-9-7-8(1-2-10(9)22-12(16)17)13(11(20)21)3-5-14(18,19)6-4-13/h1-7,12,19H,8-11,13H2;1-7,12,24H,8-11,13H2;1-2,7,12H,3-6H2,(H,20,21). The number of carbonyl (C=O) groups excluding carboxylic acids is 2. The highest BCUT2D eigenvalue weighted by atomic mass is 19.3. The Kier molecular flexibility index (Phi) is 18.9. The van der Waals surface area contributed by atoms with Gasteiger partial charge in [0.2, 0.25) is 17.8 Å². The Morgan fingerprint density at radius 1 is 0.442 bits per heavy atom. The summed E-state index contributed by atoms with van der Waals surface area (Å²) in [6.45, 7) is -6.48. The fourth-order valence-electron chi connectivity index (χ4n) is 9.48. The molecule has 2 N–H and O–H groups in total. The van der Waals surface area contributed by atoms with Crippen LogP contribution < -0.4 is 9.47 Å². The van der Waals surface area contributed by atoms with Gasteiger partial charge in [0.15, 0.2) is 34.7 Å². The van der Waals surface area contributed by atoms with Crippen molar-refractivity contribution in [1.82, 2.24) is 0 Å². The van der Waals surface area contributed by atoms with E-state index in [9.17, 15) is 81.7 Å². The van der Waals surface area contributed by atoms with Crippen molar-refractivity contribution in [3.05, 3.63) is 161 Å². The van der Waals surface area contributed by atoms with E-state index < -0.39 is 138 Å². The van der Waals surface area contributed by atoms with Crippen LogP contribution in [0, 0.1) is 17.5 Å². The number of rotatable bonds is 14. The molecule has 0 spiro atoms. The van der Waals surface area contributed by atoms with Crippen LogP contribution in [0.5, 0.6) is 17.2 Å². The fourth-order valence-corrected chi connectivity index (χ4v) is 9.48. The molecule has 5 aromatic carbocycles. The van der Waals surface area contributed by atoms with Gasteiger partial charge in [-0.2, -0.15) is 17.6 Å². The minimum absolute atomic E-state index is 0.0123. The van der Waals surface area contributed by atoms with E-state index in [1.165, 1.54) is 12.1 Å². The van der Waals surface area contributed by atoms with E-state index in [0.29, 0.717) is 5.56 Å². The Morgan fingerprint density at radius 2 is 0.753 bits per heavy atom. The number of hydrogen-bond acceptors (Lipinski definition) is 8. The van der Waals surface area contributed by atoms with Crippen molar-refractivity contribution < 1.29 is 101 Å². The molecule has 0 aliphatic heterocycles.